The van der Waals surface area contributed by atoms with E-state index in [1.165, 1.54) is 0 Å². The minimum Gasteiger partial charge on any atom is -0.483 e. The maximum atomic E-state index is 12.4. The summed E-state index contributed by atoms with van der Waals surface area (Å²) in [5.41, 5.74) is 2.17. The standard InChI is InChI=1S/C19H24N4O2/c1-14-4-5-15(2)17(12-14)25-13-19(24)23-10-8-22(9-11-23)18-6-7-20-16(3)21-18/h4-7,12H,8-11,13H2,1-3H3. The maximum absolute atomic E-state index is 12.4. The molecule has 0 aliphatic carbocycles. The largest absolute Gasteiger partial charge is 0.483 e. The average Bonchev–Trinajstić information content (AvgIpc) is 2.62. The van der Waals surface area contributed by atoms with Gasteiger partial charge < -0.3 is 14.5 Å². The highest BCUT2D eigenvalue weighted by atomic mass is 16.5. The van der Waals surface area contributed by atoms with Gasteiger partial charge in [0.2, 0.25) is 0 Å². The van der Waals surface area contributed by atoms with Crippen LogP contribution in [0, 0.1) is 20.8 Å². The number of carbonyl (C=O) groups excluding carboxylic acids is 1. The maximum Gasteiger partial charge on any atom is 0.260 e. The van der Waals surface area contributed by atoms with Gasteiger partial charge in [-0.05, 0) is 44.0 Å². The summed E-state index contributed by atoms with van der Waals surface area (Å²) in [5.74, 6) is 2.49. The van der Waals surface area contributed by atoms with E-state index in [1.807, 2.05) is 49.9 Å². The van der Waals surface area contributed by atoms with Crippen LogP contribution in [0.4, 0.5) is 5.82 Å². The number of benzene rings is 1. The molecule has 2 heterocycles. The van der Waals surface area contributed by atoms with E-state index < -0.39 is 0 Å². The number of aryl methyl sites for hydroxylation is 3. The molecule has 25 heavy (non-hydrogen) atoms. The highest BCUT2D eigenvalue weighted by Gasteiger charge is 2.22. The molecule has 1 aliphatic heterocycles. The van der Waals surface area contributed by atoms with Crippen LogP contribution in [0.15, 0.2) is 30.5 Å². The molecule has 2 aromatic rings. The fourth-order valence-electron chi connectivity index (χ4n) is 2.90. The van der Waals surface area contributed by atoms with Crippen LogP contribution in [-0.4, -0.2) is 53.6 Å². The summed E-state index contributed by atoms with van der Waals surface area (Å²) >= 11 is 0. The molecular weight excluding hydrogens is 316 g/mol. The zero-order chi connectivity index (χ0) is 17.8. The van der Waals surface area contributed by atoms with Gasteiger partial charge in [0, 0.05) is 32.4 Å². The lowest BCUT2D eigenvalue weighted by atomic mass is 10.1. The molecular formula is C19H24N4O2. The number of nitrogens with zero attached hydrogens (tertiary/aromatic N) is 4. The van der Waals surface area contributed by atoms with Gasteiger partial charge in [-0.3, -0.25) is 4.79 Å². The highest BCUT2D eigenvalue weighted by Crippen LogP contribution is 2.19. The Balaban J connectivity index is 1.52. The quantitative estimate of drug-likeness (QED) is 0.853. The van der Waals surface area contributed by atoms with E-state index in [9.17, 15) is 4.79 Å². The van der Waals surface area contributed by atoms with E-state index in [2.05, 4.69) is 14.9 Å². The van der Waals surface area contributed by atoms with Gasteiger partial charge in [0.25, 0.3) is 5.91 Å². The molecule has 0 saturated carbocycles. The predicted molar refractivity (Wildman–Crippen MR) is 97.0 cm³/mol. The number of hydrogen-bond donors (Lipinski definition) is 0. The molecule has 1 fully saturated rings. The summed E-state index contributed by atoms with van der Waals surface area (Å²) in [6.45, 7) is 8.86. The Labute approximate surface area is 148 Å². The van der Waals surface area contributed by atoms with Gasteiger partial charge in [0.15, 0.2) is 6.61 Å². The Bertz CT molecular complexity index is 755. The summed E-state index contributed by atoms with van der Waals surface area (Å²) in [5, 5.41) is 0. The van der Waals surface area contributed by atoms with Crippen LogP contribution < -0.4 is 9.64 Å². The van der Waals surface area contributed by atoms with Crippen molar-refractivity contribution in [1.82, 2.24) is 14.9 Å². The van der Waals surface area contributed by atoms with E-state index in [4.69, 9.17) is 4.74 Å². The molecule has 1 saturated heterocycles. The molecule has 0 atom stereocenters. The van der Waals surface area contributed by atoms with Crippen molar-refractivity contribution < 1.29 is 9.53 Å². The van der Waals surface area contributed by atoms with E-state index >= 15 is 0 Å². The zero-order valence-electron chi connectivity index (χ0n) is 15.0. The van der Waals surface area contributed by atoms with Gasteiger partial charge in [-0.25, -0.2) is 9.97 Å². The van der Waals surface area contributed by atoms with Crippen LogP contribution in [-0.2, 0) is 4.79 Å². The van der Waals surface area contributed by atoms with Crippen LogP contribution in [0.3, 0.4) is 0 Å². The van der Waals surface area contributed by atoms with Gasteiger partial charge in [-0.15, -0.1) is 0 Å². The van der Waals surface area contributed by atoms with Gasteiger partial charge in [0.1, 0.15) is 17.4 Å². The number of amides is 1. The Morgan fingerprint density at radius 3 is 2.60 bits per heavy atom. The molecule has 1 amide bonds. The molecule has 0 unspecified atom stereocenters. The van der Waals surface area contributed by atoms with Crippen LogP contribution in [0.1, 0.15) is 17.0 Å². The van der Waals surface area contributed by atoms with Gasteiger partial charge >= 0.3 is 0 Å². The van der Waals surface area contributed by atoms with Crippen molar-refractivity contribution >= 4 is 11.7 Å². The van der Waals surface area contributed by atoms with Crippen LogP contribution in [0.25, 0.3) is 0 Å². The molecule has 0 spiro atoms. The Kier molecular flexibility index (Phi) is 5.16. The summed E-state index contributed by atoms with van der Waals surface area (Å²) < 4.78 is 5.73. The molecule has 6 heteroatoms. The highest BCUT2D eigenvalue weighted by molar-refractivity contribution is 5.78. The molecule has 1 aliphatic rings. The van der Waals surface area contributed by atoms with Gasteiger partial charge in [0.05, 0.1) is 0 Å². The van der Waals surface area contributed by atoms with Crippen LogP contribution >= 0.6 is 0 Å². The first kappa shape index (κ1) is 17.2. The molecule has 0 radical (unpaired) electrons. The molecule has 0 bridgehead atoms. The molecule has 0 N–H and O–H groups in total. The number of aromatic nitrogens is 2. The number of anilines is 1. The monoisotopic (exact) mass is 340 g/mol. The fraction of sp³-hybridized carbons (Fsp3) is 0.421. The molecule has 1 aromatic carbocycles. The number of piperazine rings is 1. The SMILES string of the molecule is Cc1ccc(C)c(OCC(=O)N2CCN(c3ccnc(C)n3)CC2)c1. The molecule has 6 nitrogen and oxygen atoms in total. The first-order chi connectivity index (χ1) is 12.0. The van der Waals surface area contributed by atoms with Crippen LogP contribution in [0.2, 0.25) is 0 Å². The van der Waals surface area contributed by atoms with Crippen LogP contribution in [0.5, 0.6) is 5.75 Å². The lowest BCUT2D eigenvalue weighted by Gasteiger charge is -2.35. The van der Waals surface area contributed by atoms with Crippen molar-refractivity contribution in [1.29, 1.82) is 0 Å². The Morgan fingerprint density at radius 1 is 1.12 bits per heavy atom. The molecule has 3 rings (SSSR count). The Hall–Kier alpha value is -2.63. The number of carbonyl (C=O) groups is 1. The smallest absolute Gasteiger partial charge is 0.260 e. The summed E-state index contributed by atoms with van der Waals surface area (Å²) in [6, 6.07) is 7.93. The second-order valence-electron chi connectivity index (χ2n) is 6.39. The second kappa shape index (κ2) is 7.51. The minimum absolute atomic E-state index is 0.0272. The molecule has 1 aromatic heterocycles. The average molecular weight is 340 g/mol. The summed E-state index contributed by atoms with van der Waals surface area (Å²) in [7, 11) is 0. The van der Waals surface area contributed by atoms with E-state index in [1.54, 1.807) is 6.20 Å². The third-order valence-electron chi connectivity index (χ3n) is 4.41. The summed E-state index contributed by atoms with van der Waals surface area (Å²) in [6.07, 6.45) is 1.77. The Morgan fingerprint density at radius 2 is 1.88 bits per heavy atom. The number of ether oxygens (including phenoxy) is 1. The first-order valence-electron chi connectivity index (χ1n) is 8.55. The van der Waals surface area contributed by atoms with Gasteiger partial charge in [-0.2, -0.15) is 0 Å². The molecule has 132 valence electrons. The predicted octanol–water partition coefficient (Wildman–Crippen LogP) is 2.13. The first-order valence-corrected chi connectivity index (χ1v) is 8.55. The second-order valence-corrected chi connectivity index (χ2v) is 6.39. The third kappa shape index (κ3) is 4.26. The third-order valence-corrected chi connectivity index (χ3v) is 4.41. The van der Waals surface area contributed by atoms with E-state index in [0.29, 0.717) is 13.1 Å². The van der Waals surface area contributed by atoms with Crippen molar-refractivity contribution in [2.45, 2.75) is 20.8 Å². The van der Waals surface area contributed by atoms with E-state index in [0.717, 1.165) is 41.6 Å². The normalized spacial score (nSPS) is 14.5. The van der Waals surface area contributed by atoms with Gasteiger partial charge in [-0.1, -0.05) is 12.1 Å². The van der Waals surface area contributed by atoms with Crippen molar-refractivity contribution in [3.8, 4) is 5.75 Å². The zero-order valence-corrected chi connectivity index (χ0v) is 15.0. The van der Waals surface area contributed by atoms with E-state index in [-0.39, 0.29) is 12.5 Å². The fourth-order valence-corrected chi connectivity index (χ4v) is 2.90. The summed E-state index contributed by atoms with van der Waals surface area (Å²) in [4.78, 5) is 25.0. The lowest BCUT2D eigenvalue weighted by Crippen LogP contribution is -2.50. The van der Waals surface area contributed by atoms with Crippen molar-refractivity contribution in [3.63, 3.8) is 0 Å². The lowest BCUT2D eigenvalue weighted by molar-refractivity contribution is -0.133. The van der Waals surface area contributed by atoms with Crippen molar-refractivity contribution in [2.75, 3.05) is 37.7 Å². The van der Waals surface area contributed by atoms with Crippen molar-refractivity contribution in [3.05, 3.63) is 47.4 Å². The topological polar surface area (TPSA) is 58.6 Å². The number of hydrogen-bond acceptors (Lipinski definition) is 5. The van der Waals surface area contributed by atoms with Crippen molar-refractivity contribution in [2.24, 2.45) is 0 Å². The minimum atomic E-state index is 0.0272. The number of rotatable bonds is 4.